The molecule has 26 heavy (non-hydrogen) atoms. The Bertz CT molecular complexity index is 905. The monoisotopic (exact) mass is 350 g/mol. The highest BCUT2D eigenvalue weighted by atomic mass is 16.3. The Balaban J connectivity index is 1.30. The number of hydrogen-bond acceptors (Lipinski definition) is 4. The second-order valence-corrected chi connectivity index (χ2v) is 6.30. The molecule has 1 aromatic carbocycles. The maximum absolute atomic E-state index is 12.3. The number of aromatic nitrogens is 2. The van der Waals surface area contributed by atoms with Crippen LogP contribution < -0.4 is 10.6 Å². The van der Waals surface area contributed by atoms with Gasteiger partial charge in [0.05, 0.1) is 18.1 Å². The minimum Gasteiger partial charge on any atom is -0.459 e. The Morgan fingerprint density at radius 2 is 1.92 bits per heavy atom. The van der Waals surface area contributed by atoms with E-state index < -0.39 is 0 Å². The van der Waals surface area contributed by atoms with E-state index in [9.17, 15) is 9.59 Å². The summed E-state index contributed by atoms with van der Waals surface area (Å²) in [6, 6.07) is 11.6. The van der Waals surface area contributed by atoms with Gasteiger partial charge in [-0.2, -0.15) is 5.10 Å². The van der Waals surface area contributed by atoms with Gasteiger partial charge in [-0.25, -0.2) is 0 Å². The van der Waals surface area contributed by atoms with Crippen molar-refractivity contribution in [3.05, 3.63) is 71.9 Å². The summed E-state index contributed by atoms with van der Waals surface area (Å²) in [6.45, 7) is 0.101. The molecule has 2 heterocycles. The highest BCUT2D eigenvalue weighted by molar-refractivity contribution is 6.02. The van der Waals surface area contributed by atoms with Gasteiger partial charge < -0.3 is 15.1 Å². The number of anilines is 1. The molecule has 1 aliphatic carbocycles. The normalized spacial score (nSPS) is 13.4. The minimum atomic E-state index is -0.359. The molecule has 132 valence electrons. The van der Waals surface area contributed by atoms with E-state index in [4.69, 9.17) is 4.42 Å². The van der Waals surface area contributed by atoms with Crippen LogP contribution in [-0.4, -0.2) is 27.6 Å². The lowest BCUT2D eigenvalue weighted by atomic mass is 10.1. The number of furan rings is 1. The molecule has 0 saturated heterocycles. The van der Waals surface area contributed by atoms with Crippen LogP contribution in [0.2, 0.25) is 0 Å². The standard InChI is InChI=1S/C19H18N4O3/c24-18(21-15-8-13-4-1-2-5-14(13)9-15)12-23-11-16(10-20-23)22-19(25)17-6-3-7-26-17/h1-7,10-11,15H,8-9,12H2,(H,21,24)(H,22,25). The summed E-state index contributed by atoms with van der Waals surface area (Å²) in [7, 11) is 0. The molecule has 0 atom stereocenters. The Labute approximate surface area is 150 Å². The lowest BCUT2D eigenvalue weighted by Gasteiger charge is -2.11. The molecule has 0 radical (unpaired) electrons. The zero-order chi connectivity index (χ0) is 17.9. The molecule has 2 amide bonds. The van der Waals surface area contributed by atoms with Gasteiger partial charge in [-0.3, -0.25) is 14.3 Å². The largest absolute Gasteiger partial charge is 0.459 e. The molecule has 0 fully saturated rings. The lowest BCUT2D eigenvalue weighted by molar-refractivity contribution is -0.122. The zero-order valence-corrected chi connectivity index (χ0v) is 14.0. The minimum absolute atomic E-state index is 0.101. The van der Waals surface area contributed by atoms with Gasteiger partial charge in [0.2, 0.25) is 5.91 Å². The van der Waals surface area contributed by atoms with Crippen molar-refractivity contribution in [2.75, 3.05) is 5.32 Å². The molecule has 0 bridgehead atoms. The number of benzene rings is 1. The summed E-state index contributed by atoms with van der Waals surface area (Å²) in [4.78, 5) is 24.2. The van der Waals surface area contributed by atoms with E-state index in [1.165, 1.54) is 28.3 Å². The van der Waals surface area contributed by atoms with Gasteiger partial charge in [0.1, 0.15) is 6.54 Å². The molecule has 0 aliphatic heterocycles. The molecule has 7 nitrogen and oxygen atoms in total. The molecule has 2 N–H and O–H groups in total. The first-order valence-electron chi connectivity index (χ1n) is 8.41. The van der Waals surface area contributed by atoms with Crippen LogP contribution in [0, 0.1) is 0 Å². The fraction of sp³-hybridized carbons (Fsp3) is 0.211. The van der Waals surface area contributed by atoms with Crippen LogP contribution >= 0.6 is 0 Å². The summed E-state index contributed by atoms with van der Waals surface area (Å²) in [5.41, 5.74) is 3.09. The van der Waals surface area contributed by atoms with Crippen molar-refractivity contribution in [3.8, 4) is 0 Å². The number of nitrogens with zero attached hydrogens (tertiary/aromatic N) is 2. The van der Waals surface area contributed by atoms with Gasteiger partial charge in [0.15, 0.2) is 5.76 Å². The second-order valence-electron chi connectivity index (χ2n) is 6.30. The first kappa shape index (κ1) is 16.1. The predicted octanol–water partition coefficient (Wildman–Crippen LogP) is 2.01. The quantitative estimate of drug-likeness (QED) is 0.737. The molecule has 0 saturated carbocycles. The number of fused-ring (bicyclic) bond motifs is 1. The topological polar surface area (TPSA) is 89.2 Å². The third-order valence-corrected chi connectivity index (χ3v) is 4.36. The van der Waals surface area contributed by atoms with Crippen LogP contribution in [-0.2, 0) is 24.2 Å². The van der Waals surface area contributed by atoms with Gasteiger partial charge >= 0.3 is 0 Å². The van der Waals surface area contributed by atoms with E-state index in [2.05, 4.69) is 27.9 Å². The first-order valence-corrected chi connectivity index (χ1v) is 8.41. The van der Waals surface area contributed by atoms with E-state index in [0.717, 1.165) is 12.8 Å². The van der Waals surface area contributed by atoms with Crippen molar-refractivity contribution in [1.29, 1.82) is 0 Å². The summed E-state index contributed by atoms with van der Waals surface area (Å²) in [6.07, 6.45) is 6.25. The molecule has 0 spiro atoms. The maximum Gasteiger partial charge on any atom is 0.291 e. The smallest absolute Gasteiger partial charge is 0.291 e. The van der Waals surface area contributed by atoms with Crippen LogP contribution in [0.15, 0.2) is 59.5 Å². The molecular weight excluding hydrogens is 332 g/mol. The lowest BCUT2D eigenvalue weighted by Crippen LogP contribution is -2.37. The Hall–Kier alpha value is -3.35. The van der Waals surface area contributed by atoms with Gasteiger partial charge in [-0.05, 0) is 36.1 Å². The number of rotatable bonds is 5. The number of amides is 2. The molecular formula is C19H18N4O3. The van der Waals surface area contributed by atoms with Crippen molar-refractivity contribution >= 4 is 17.5 Å². The average molecular weight is 350 g/mol. The van der Waals surface area contributed by atoms with Gasteiger partial charge in [-0.15, -0.1) is 0 Å². The average Bonchev–Trinajstić information content (AvgIpc) is 3.34. The van der Waals surface area contributed by atoms with Crippen LogP contribution in [0.4, 0.5) is 5.69 Å². The summed E-state index contributed by atoms with van der Waals surface area (Å²) in [5.74, 6) is -0.242. The predicted molar refractivity (Wildman–Crippen MR) is 94.7 cm³/mol. The van der Waals surface area contributed by atoms with E-state index in [1.807, 2.05) is 12.1 Å². The highest BCUT2D eigenvalue weighted by Gasteiger charge is 2.22. The SMILES string of the molecule is O=C(Cn1cc(NC(=O)c2ccco2)cn1)NC1Cc2ccccc2C1. The number of carbonyl (C=O) groups excluding carboxylic acids is 2. The summed E-state index contributed by atoms with van der Waals surface area (Å²) >= 11 is 0. The van der Waals surface area contributed by atoms with Gasteiger partial charge in [0, 0.05) is 12.2 Å². The van der Waals surface area contributed by atoms with Crippen molar-refractivity contribution in [2.24, 2.45) is 0 Å². The van der Waals surface area contributed by atoms with E-state index in [0.29, 0.717) is 5.69 Å². The van der Waals surface area contributed by atoms with Gasteiger partial charge in [0.25, 0.3) is 5.91 Å². The van der Waals surface area contributed by atoms with Crippen molar-refractivity contribution in [1.82, 2.24) is 15.1 Å². The molecule has 4 rings (SSSR count). The molecule has 0 unspecified atom stereocenters. The fourth-order valence-electron chi connectivity index (χ4n) is 3.20. The summed E-state index contributed by atoms with van der Waals surface area (Å²) < 4.78 is 6.53. The number of hydrogen-bond donors (Lipinski definition) is 2. The Kier molecular flexibility index (Phi) is 4.27. The summed E-state index contributed by atoms with van der Waals surface area (Å²) in [5, 5.41) is 9.83. The molecule has 1 aliphatic rings. The van der Waals surface area contributed by atoms with Crippen LogP contribution in [0.3, 0.4) is 0 Å². The van der Waals surface area contributed by atoms with Crippen molar-refractivity contribution < 1.29 is 14.0 Å². The zero-order valence-electron chi connectivity index (χ0n) is 14.0. The highest BCUT2D eigenvalue weighted by Crippen LogP contribution is 2.21. The molecule has 3 aromatic rings. The van der Waals surface area contributed by atoms with E-state index in [1.54, 1.807) is 18.3 Å². The first-order chi connectivity index (χ1) is 12.7. The fourth-order valence-corrected chi connectivity index (χ4v) is 3.20. The van der Waals surface area contributed by atoms with E-state index in [-0.39, 0.29) is 30.2 Å². The van der Waals surface area contributed by atoms with Crippen LogP contribution in [0.25, 0.3) is 0 Å². The van der Waals surface area contributed by atoms with Crippen molar-refractivity contribution in [3.63, 3.8) is 0 Å². The Morgan fingerprint density at radius 3 is 2.62 bits per heavy atom. The number of nitrogens with one attached hydrogen (secondary N) is 2. The van der Waals surface area contributed by atoms with Crippen LogP contribution in [0.1, 0.15) is 21.7 Å². The third kappa shape index (κ3) is 3.51. The van der Waals surface area contributed by atoms with Crippen LogP contribution in [0.5, 0.6) is 0 Å². The Morgan fingerprint density at radius 1 is 1.15 bits per heavy atom. The molecule has 7 heteroatoms. The van der Waals surface area contributed by atoms with Crippen molar-refractivity contribution in [2.45, 2.75) is 25.4 Å². The molecule has 2 aromatic heterocycles. The second kappa shape index (κ2) is 6.87. The van der Waals surface area contributed by atoms with Gasteiger partial charge in [-0.1, -0.05) is 24.3 Å². The van der Waals surface area contributed by atoms with E-state index >= 15 is 0 Å². The number of carbonyl (C=O) groups is 2. The maximum atomic E-state index is 12.3. The third-order valence-electron chi connectivity index (χ3n) is 4.36.